The fourth-order valence-electron chi connectivity index (χ4n) is 1.97. The lowest BCUT2D eigenvalue weighted by Crippen LogP contribution is -2.06. The zero-order valence-corrected chi connectivity index (χ0v) is 8.62. The highest BCUT2D eigenvalue weighted by molar-refractivity contribution is 5.53. The van der Waals surface area contributed by atoms with E-state index in [1.165, 1.54) is 17.5 Å². The number of nitrogen functional groups attached to an aromatic ring is 1. The minimum atomic E-state index is 0.666. The molecule has 1 atom stereocenters. The number of aryl methyl sites for hydroxylation is 1. The maximum Gasteiger partial charge on any atom is 0.0498 e. The smallest absolute Gasteiger partial charge is 0.0498 e. The van der Waals surface area contributed by atoms with E-state index in [2.05, 4.69) is 25.1 Å². The van der Waals surface area contributed by atoms with Crippen molar-refractivity contribution in [1.82, 2.24) is 0 Å². The first-order valence-electron chi connectivity index (χ1n) is 5.19. The SMILES string of the molecule is Cc1cccc(CC2CCOC2)c1N. The van der Waals surface area contributed by atoms with Crippen LogP contribution in [0, 0.1) is 12.8 Å². The van der Waals surface area contributed by atoms with Crippen molar-refractivity contribution < 1.29 is 4.74 Å². The second-order valence-corrected chi connectivity index (χ2v) is 4.08. The quantitative estimate of drug-likeness (QED) is 0.727. The molecular formula is C12H17NO. The Kier molecular flexibility index (Phi) is 2.73. The monoisotopic (exact) mass is 191 g/mol. The maximum atomic E-state index is 6.02. The molecule has 0 aromatic heterocycles. The van der Waals surface area contributed by atoms with Gasteiger partial charge in [-0.1, -0.05) is 18.2 Å². The van der Waals surface area contributed by atoms with Crippen LogP contribution in [0.2, 0.25) is 0 Å². The van der Waals surface area contributed by atoms with Crippen molar-refractivity contribution in [3.05, 3.63) is 29.3 Å². The lowest BCUT2D eigenvalue weighted by molar-refractivity contribution is 0.186. The first-order valence-corrected chi connectivity index (χ1v) is 5.19. The van der Waals surface area contributed by atoms with Crippen LogP contribution in [0.5, 0.6) is 0 Å². The molecule has 0 spiro atoms. The highest BCUT2D eigenvalue weighted by atomic mass is 16.5. The van der Waals surface area contributed by atoms with E-state index in [0.29, 0.717) is 5.92 Å². The topological polar surface area (TPSA) is 35.2 Å². The van der Waals surface area contributed by atoms with Crippen LogP contribution in [-0.4, -0.2) is 13.2 Å². The molecule has 1 saturated heterocycles. The first-order chi connectivity index (χ1) is 6.77. The summed E-state index contributed by atoms with van der Waals surface area (Å²) in [5.74, 6) is 0.666. The van der Waals surface area contributed by atoms with Crippen LogP contribution < -0.4 is 5.73 Å². The number of para-hydroxylation sites is 1. The Morgan fingerprint density at radius 3 is 3.07 bits per heavy atom. The highest BCUT2D eigenvalue weighted by Crippen LogP contribution is 2.23. The fourth-order valence-corrected chi connectivity index (χ4v) is 1.97. The minimum absolute atomic E-state index is 0.666. The molecule has 1 fully saturated rings. The van der Waals surface area contributed by atoms with Crippen LogP contribution in [0.3, 0.4) is 0 Å². The number of ether oxygens (including phenoxy) is 1. The lowest BCUT2D eigenvalue weighted by atomic mass is 9.96. The second-order valence-electron chi connectivity index (χ2n) is 4.08. The van der Waals surface area contributed by atoms with Gasteiger partial charge in [0.15, 0.2) is 0 Å². The summed E-state index contributed by atoms with van der Waals surface area (Å²) in [6.45, 7) is 3.87. The van der Waals surface area contributed by atoms with Crippen molar-refractivity contribution in [3.63, 3.8) is 0 Å². The molecule has 2 N–H and O–H groups in total. The zero-order chi connectivity index (χ0) is 9.97. The largest absolute Gasteiger partial charge is 0.398 e. The van der Waals surface area contributed by atoms with Gasteiger partial charge in [-0.25, -0.2) is 0 Å². The number of hydrogen-bond donors (Lipinski definition) is 1. The third-order valence-electron chi connectivity index (χ3n) is 2.95. The van der Waals surface area contributed by atoms with Gasteiger partial charge < -0.3 is 10.5 Å². The normalized spacial score (nSPS) is 21.4. The van der Waals surface area contributed by atoms with Crippen LogP contribution in [0.25, 0.3) is 0 Å². The lowest BCUT2D eigenvalue weighted by Gasteiger charge is -2.11. The molecule has 1 aromatic carbocycles. The summed E-state index contributed by atoms with van der Waals surface area (Å²) < 4.78 is 5.36. The Hall–Kier alpha value is -1.02. The van der Waals surface area contributed by atoms with Gasteiger partial charge in [0.05, 0.1) is 0 Å². The number of hydrogen-bond acceptors (Lipinski definition) is 2. The molecule has 0 radical (unpaired) electrons. The first kappa shape index (κ1) is 9.53. The van der Waals surface area contributed by atoms with Gasteiger partial charge >= 0.3 is 0 Å². The van der Waals surface area contributed by atoms with Gasteiger partial charge in [-0.2, -0.15) is 0 Å². The van der Waals surface area contributed by atoms with Crippen molar-refractivity contribution in [1.29, 1.82) is 0 Å². The van der Waals surface area contributed by atoms with Gasteiger partial charge in [-0.05, 0) is 36.8 Å². The molecular weight excluding hydrogens is 174 g/mol. The molecule has 1 unspecified atom stereocenters. The number of rotatable bonds is 2. The minimum Gasteiger partial charge on any atom is -0.398 e. The van der Waals surface area contributed by atoms with Gasteiger partial charge in [-0.3, -0.25) is 0 Å². The average molecular weight is 191 g/mol. The molecule has 0 aliphatic carbocycles. The van der Waals surface area contributed by atoms with Crippen LogP contribution in [0.4, 0.5) is 5.69 Å². The molecule has 2 nitrogen and oxygen atoms in total. The van der Waals surface area contributed by atoms with E-state index in [1.54, 1.807) is 0 Å². The summed E-state index contributed by atoms with van der Waals surface area (Å²) in [6, 6.07) is 6.27. The Bertz CT molecular complexity index is 316. The zero-order valence-electron chi connectivity index (χ0n) is 8.62. The van der Waals surface area contributed by atoms with Crippen molar-refractivity contribution in [2.45, 2.75) is 19.8 Å². The molecule has 0 saturated carbocycles. The summed E-state index contributed by atoms with van der Waals surface area (Å²) >= 11 is 0. The highest BCUT2D eigenvalue weighted by Gasteiger charge is 2.17. The van der Waals surface area contributed by atoms with Gasteiger partial charge in [0.25, 0.3) is 0 Å². The van der Waals surface area contributed by atoms with Gasteiger partial charge in [0.2, 0.25) is 0 Å². The molecule has 2 heteroatoms. The summed E-state index contributed by atoms with van der Waals surface area (Å²) in [4.78, 5) is 0. The summed E-state index contributed by atoms with van der Waals surface area (Å²) in [5.41, 5.74) is 9.44. The predicted octanol–water partition coefficient (Wildman–Crippen LogP) is 2.16. The summed E-state index contributed by atoms with van der Waals surface area (Å²) in [7, 11) is 0. The Morgan fingerprint density at radius 1 is 1.50 bits per heavy atom. The predicted molar refractivity (Wildman–Crippen MR) is 58.2 cm³/mol. The number of nitrogens with two attached hydrogens (primary N) is 1. The van der Waals surface area contributed by atoms with Crippen LogP contribution >= 0.6 is 0 Å². The Balaban J connectivity index is 2.11. The third kappa shape index (κ3) is 1.90. The molecule has 2 rings (SSSR count). The van der Waals surface area contributed by atoms with Crippen molar-refractivity contribution in [2.24, 2.45) is 5.92 Å². The van der Waals surface area contributed by atoms with E-state index in [0.717, 1.165) is 25.3 Å². The molecule has 0 amide bonds. The molecule has 1 aliphatic heterocycles. The van der Waals surface area contributed by atoms with Crippen molar-refractivity contribution >= 4 is 5.69 Å². The summed E-state index contributed by atoms with van der Waals surface area (Å²) in [6.07, 6.45) is 2.24. The fraction of sp³-hybridized carbons (Fsp3) is 0.500. The van der Waals surface area contributed by atoms with Gasteiger partial charge in [-0.15, -0.1) is 0 Å². The van der Waals surface area contributed by atoms with Gasteiger partial charge in [0, 0.05) is 18.9 Å². The summed E-state index contributed by atoms with van der Waals surface area (Å²) in [5, 5.41) is 0. The average Bonchev–Trinajstić information content (AvgIpc) is 2.66. The molecule has 1 aromatic rings. The van der Waals surface area contributed by atoms with Gasteiger partial charge in [0.1, 0.15) is 0 Å². The van der Waals surface area contributed by atoms with Crippen LogP contribution in [0.15, 0.2) is 18.2 Å². The third-order valence-corrected chi connectivity index (χ3v) is 2.95. The van der Waals surface area contributed by atoms with Crippen LogP contribution in [0.1, 0.15) is 17.5 Å². The molecule has 14 heavy (non-hydrogen) atoms. The van der Waals surface area contributed by atoms with E-state index >= 15 is 0 Å². The van der Waals surface area contributed by atoms with E-state index in [1.807, 2.05) is 0 Å². The van der Waals surface area contributed by atoms with Crippen molar-refractivity contribution in [2.75, 3.05) is 18.9 Å². The van der Waals surface area contributed by atoms with E-state index < -0.39 is 0 Å². The Morgan fingerprint density at radius 2 is 2.36 bits per heavy atom. The Labute approximate surface area is 85.1 Å². The van der Waals surface area contributed by atoms with E-state index in [9.17, 15) is 0 Å². The second kappa shape index (κ2) is 4.01. The molecule has 76 valence electrons. The molecule has 1 heterocycles. The van der Waals surface area contributed by atoms with Crippen molar-refractivity contribution in [3.8, 4) is 0 Å². The van der Waals surface area contributed by atoms with E-state index in [-0.39, 0.29) is 0 Å². The van der Waals surface area contributed by atoms with Crippen LogP contribution in [-0.2, 0) is 11.2 Å². The number of benzene rings is 1. The molecule has 0 bridgehead atoms. The standard InChI is InChI=1S/C12H17NO/c1-9-3-2-4-11(12(9)13)7-10-5-6-14-8-10/h2-4,10H,5-8,13H2,1H3. The van der Waals surface area contributed by atoms with E-state index in [4.69, 9.17) is 10.5 Å². The number of anilines is 1. The maximum absolute atomic E-state index is 6.02. The molecule has 1 aliphatic rings.